The molecule has 8 nitrogen and oxygen atoms in total. The van der Waals surface area contributed by atoms with E-state index in [0.29, 0.717) is 51.8 Å². The van der Waals surface area contributed by atoms with E-state index in [1.807, 2.05) is 19.9 Å². The number of nitrogens with zero attached hydrogens (tertiary/aromatic N) is 2. The first kappa shape index (κ1) is 41.6. The van der Waals surface area contributed by atoms with E-state index in [2.05, 4.69) is 24.9 Å². The van der Waals surface area contributed by atoms with E-state index in [4.69, 9.17) is 24.1 Å². The Balaban J connectivity index is 1.94. The van der Waals surface area contributed by atoms with E-state index in [-0.39, 0.29) is 55.3 Å². The average Bonchev–Trinajstić information content (AvgIpc) is 3.11. The van der Waals surface area contributed by atoms with E-state index in [1.165, 1.54) is 26.5 Å². The molecule has 4 rings (SSSR count). The number of benzene rings is 3. The van der Waals surface area contributed by atoms with Crippen molar-refractivity contribution >= 4 is 11.8 Å². The number of hydrogen-bond acceptors (Lipinski definition) is 7. The molecule has 1 N–H and O–H groups in total. The second-order valence-electron chi connectivity index (χ2n) is 13.3. The monoisotopic (exact) mass is 762 g/mol. The van der Waals surface area contributed by atoms with Gasteiger partial charge in [-0.3, -0.25) is 4.79 Å². The molecule has 54 heavy (non-hydrogen) atoms. The Hall–Kier alpha value is -5.14. The summed E-state index contributed by atoms with van der Waals surface area (Å²) in [6, 6.07) is 12.1. The standard InChI is InChI=1S/C40H44F6N2O6/c1-23(2)26-15-31(24(3)4)38(53-7)33(16-26)32-19-35(52-6)34(51-5)17-27(32)22-48(36-11-10-30(20-47-36)54-12-8-9-37(49)50)21-25-13-28(39(41,42)43)18-29(14-25)40(44,45)46/h10-11,13-20,23-24H,8-9,12,21-22H2,1-7H3,(H,49,50). The first-order valence-electron chi connectivity index (χ1n) is 17.2. The molecule has 0 aliphatic carbocycles. The molecule has 14 heteroatoms. The highest BCUT2D eigenvalue weighted by Gasteiger charge is 2.37. The van der Waals surface area contributed by atoms with Crippen LogP contribution in [0.3, 0.4) is 0 Å². The molecule has 292 valence electrons. The lowest BCUT2D eigenvalue weighted by Gasteiger charge is -2.28. The Morgan fingerprint density at radius 2 is 1.41 bits per heavy atom. The second kappa shape index (κ2) is 17.3. The summed E-state index contributed by atoms with van der Waals surface area (Å²) in [4.78, 5) is 16.9. The quantitative estimate of drug-likeness (QED) is 0.0891. The predicted molar refractivity (Wildman–Crippen MR) is 193 cm³/mol. The molecule has 0 unspecified atom stereocenters. The molecule has 0 bridgehead atoms. The van der Waals surface area contributed by atoms with Gasteiger partial charge in [-0.2, -0.15) is 26.3 Å². The number of pyridine rings is 1. The zero-order valence-electron chi connectivity index (χ0n) is 31.1. The Morgan fingerprint density at radius 1 is 0.778 bits per heavy atom. The zero-order valence-corrected chi connectivity index (χ0v) is 31.1. The van der Waals surface area contributed by atoms with Crippen LogP contribution in [0.5, 0.6) is 23.0 Å². The maximum absolute atomic E-state index is 13.9. The molecule has 1 heterocycles. The molecule has 0 spiro atoms. The van der Waals surface area contributed by atoms with Gasteiger partial charge >= 0.3 is 18.3 Å². The molecular formula is C40H44F6N2O6. The van der Waals surface area contributed by atoms with Crippen molar-refractivity contribution in [2.45, 2.75) is 77.8 Å². The second-order valence-corrected chi connectivity index (χ2v) is 13.3. The van der Waals surface area contributed by atoms with Gasteiger partial charge < -0.3 is 29.0 Å². The normalized spacial score (nSPS) is 11.9. The number of ether oxygens (including phenoxy) is 4. The van der Waals surface area contributed by atoms with Crippen molar-refractivity contribution in [1.29, 1.82) is 0 Å². The van der Waals surface area contributed by atoms with E-state index >= 15 is 0 Å². The van der Waals surface area contributed by atoms with Crippen LogP contribution in [-0.2, 0) is 30.2 Å². The van der Waals surface area contributed by atoms with Crippen LogP contribution >= 0.6 is 0 Å². The van der Waals surface area contributed by atoms with Gasteiger partial charge in [0.05, 0.1) is 45.3 Å². The smallest absolute Gasteiger partial charge is 0.416 e. The highest BCUT2D eigenvalue weighted by Crippen LogP contribution is 2.45. The number of methoxy groups -OCH3 is 3. The number of carboxylic acid groups (broad SMARTS) is 1. The van der Waals surface area contributed by atoms with Crippen LogP contribution in [0.2, 0.25) is 0 Å². The van der Waals surface area contributed by atoms with E-state index in [1.54, 1.807) is 30.2 Å². The minimum absolute atomic E-state index is 0.0643. The molecule has 0 aliphatic rings. The summed E-state index contributed by atoms with van der Waals surface area (Å²) >= 11 is 0. The molecule has 0 saturated heterocycles. The Labute approximate surface area is 310 Å². The molecule has 1 aromatic heterocycles. The van der Waals surface area contributed by atoms with Crippen LogP contribution in [0.25, 0.3) is 11.1 Å². The lowest BCUT2D eigenvalue weighted by Crippen LogP contribution is -2.24. The fourth-order valence-corrected chi connectivity index (χ4v) is 5.98. The number of carbonyl (C=O) groups is 1. The van der Waals surface area contributed by atoms with Crippen LogP contribution in [0.15, 0.2) is 60.8 Å². The van der Waals surface area contributed by atoms with Gasteiger partial charge in [-0.25, -0.2) is 4.98 Å². The molecule has 0 saturated carbocycles. The van der Waals surface area contributed by atoms with Gasteiger partial charge in [0, 0.05) is 25.1 Å². The lowest BCUT2D eigenvalue weighted by molar-refractivity contribution is -0.143. The molecule has 0 fully saturated rings. The van der Waals surface area contributed by atoms with Crippen molar-refractivity contribution in [3.05, 3.63) is 94.2 Å². The Morgan fingerprint density at radius 3 is 1.91 bits per heavy atom. The van der Waals surface area contributed by atoms with Gasteiger partial charge in [0.15, 0.2) is 11.5 Å². The average molecular weight is 763 g/mol. The summed E-state index contributed by atoms with van der Waals surface area (Å²) in [5, 5.41) is 8.91. The SMILES string of the molecule is COc1cc(CN(Cc2cc(C(F)(F)F)cc(C(F)(F)F)c2)c2ccc(OCCCC(=O)O)cn2)c(-c2cc(C(C)C)cc(C(C)C)c2OC)cc1OC. The Kier molecular flexibility index (Phi) is 13.4. The number of rotatable bonds is 16. The summed E-state index contributed by atoms with van der Waals surface area (Å²) in [6.45, 7) is 7.81. The first-order chi connectivity index (χ1) is 25.4. The lowest BCUT2D eigenvalue weighted by atomic mass is 9.88. The third kappa shape index (κ3) is 10.3. The van der Waals surface area contributed by atoms with Gasteiger partial charge in [-0.05, 0) is 94.6 Å². The zero-order chi connectivity index (χ0) is 40.0. The van der Waals surface area contributed by atoms with Crippen LogP contribution in [-0.4, -0.2) is 44.0 Å². The fourth-order valence-electron chi connectivity index (χ4n) is 5.98. The number of aliphatic carboxylic acids is 1. The predicted octanol–water partition coefficient (Wildman–Crippen LogP) is 10.5. The van der Waals surface area contributed by atoms with Gasteiger partial charge in [-0.1, -0.05) is 33.8 Å². The van der Waals surface area contributed by atoms with Gasteiger partial charge in [0.2, 0.25) is 0 Å². The highest BCUT2D eigenvalue weighted by atomic mass is 19.4. The maximum atomic E-state index is 13.9. The van der Waals surface area contributed by atoms with Crippen molar-refractivity contribution in [2.75, 3.05) is 32.8 Å². The van der Waals surface area contributed by atoms with E-state index in [0.717, 1.165) is 11.1 Å². The van der Waals surface area contributed by atoms with Crippen molar-refractivity contribution in [1.82, 2.24) is 4.98 Å². The van der Waals surface area contributed by atoms with Gasteiger partial charge in [-0.15, -0.1) is 0 Å². The number of alkyl halides is 6. The number of aromatic nitrogens is 1. The van der Waals surface area contributed by atoms with Gasteiger partial charge in [0.25, 0.3) is 0 Å². The minimum Gasteiger partial charge on any atom is -0.496 e. The molecule has 4 aromatic rings. The van der Waals surface area contributed by atoms with E-state index in [9.17, 15) is 31.1 Å². The molecule has 0 aliphatic heterocycles. The maximum Gasteiger partial charge on any atom is 0.416 e. The van der Waals surface area contributed by atoms with Crippen molar-refractivity contribution in [3.63, 3.8) is 0 Å². The van der Waals surface area contributed by atoms with Crippen molar-refractivity contribution < 1.29 is 55.2 Å². The fraction of sp³-hybridized carbons (Fsp3) is 0.400. The molecule has 0 amide bonds. The molecule has 0 radical (unpaired) electrons. The van der Waals surface area contributed by atoms with Crippen molar-refractivity contribution in [2.24, 2.45) is 0 Å². The summed E-state index contributed by atoms with van der Waals surface area (Å²) in [7, 11) is 4.50. The minimum atomic E-state index is -5.04. The number of hydrogen-bond donors (Lipinski definition) is 1. The van der Waals surface area contributed by atoms with Crippen LogP contribution in [0, 0.1) is 0 Å². The first-order valence-corrected chi connectivity index (χ1v) is 17.2. The van der Waals surface area contributed by atoms with Crippen LogP contribution in [0.4, 0.5) is 32.2 Å². The van der Waals surface area contributed by atoms with E-state index < -0.39 is 36.0 Å². The molecular weight excluding hydrogens is 718 g/mol. The highest BCUT2D eigenvalue weighted by molar-refractivity contribution is 5.79. The number of carboxylic acids is 1. The summed E-state index contributed by atoms with van der Waals surface area (Å²) in [6.07, 6.45) is -8.59. The third-order valence-electron chi connectivity index (χ3n) is 8.76. The summed E-state index contributed by atoms with van der Waals surface area (Å²) in [5.41, 5.74) is 0.771. The largest absolute Gasteiger partial charge is 0.496 e. The topological polar surface area (TPSA) is 90.4 Å². The summed E-state index contributed by atoms with van der Waals surface area (Å²) in [5.74, 6) is 1.06. The van der Waals surface area contributed by atoms with Crippen LogP contribution < -0.4 is 23.8 Å². The number of halogens is 6. The van der Waals surface area contributed by atoms with Crippen molar-refractivity contribution in [3.8, 4) is 34.1 Å². The summed E-state index contributed by atoms with van der Waals surface area (Å²) < 4.78 is 106. The Bertz CT molecular complexity index is 1880. The van der Waals surface area contributed by atoms with Gasteiger partial charge in [0.1, 0.15) is 17.3 Å². The molecule has 3 aromatic carbocycles. The number of anilines is 1. The van der Waals surface area contributed by atoms with Crippen LogP contribution in [0.1, 0.15) is 85.8 Å². The third-order valence-corrected chi connectivity index (χ3v) is 8.76. The molecule has 0 atom stereocenters.